The monoisotopic (exact) mass is 188 g/mol. The number of hydrogen-bond acceptors (Lipinski definition) is 2. The maximum atomic E-state index is 3.60. The second kappa shape index (κ2) is 3.37. The zero-order valence-corrected chi connectivity index (χ0v) is 8.32. The predicted molar refractivity (Wildman–Crippen MR) is 56.9 cm³/mol. The third-order valence-electron chi connectivity index (χ3n) is 3.42. The lowest BCUT2D eigenvalue weighted by Gasteiger charge is -2.23. The smallest absolute Gasteiger partial charge is 0.0864 e. The van der Waals surface area contributed by atoms with E-state index < -0.39 is 0 Å². The van der Waals surface area contributed by atoms with Gasteiger partial charge in [0, 0.05) is 19.1 Å². The Hall–Kier alpha value is -0.860. The summed E-state index contributed by atoms with van der Waals surface area (Å²) in [5.74, 6) is 0. The quantitative estimate of drug-likeness (QED) is 0.722. The molecule has 0 radical (unpaired) electrons. The molecule has 2 nitrogen and oxygen atoms in total. The van der Waals surface area contributed by atoms with Crippen LogP contribution >= 0.6 is 0 Å². The summed E-state index contributed by atoms with van der Waals surface area (Å²) < 4.78 is 0. The maximum Gasteiger partial charge on any atom is 0.0864 e. The van der Waals surface area contributed by atoms with Crippen molar-refractivity contribution < 1.29 is 0 Å². The van der Waals surface area contributed by atoms with Crippen molar-refractivity contribution >= 4 is 0 Å². The van der Waals surface area contributed by atoms with Gasteiger partial charge in [-0.2, -0.15) is 0 Å². The molecule has 14 heavy (non-hydrogen) atoms. The molecule has 2 aliphatic heterocycles. The predicted octanol–water partition coefficient (Wildman–Crippen LogP) is 1.75. The van der Waals surface area contributed by atoms with Crippen LogP contribution < -0.4 is 5.32 Å². The van der Waals surface area contributed by atoms with Gasteiger partial charge in [-0.25, -0.2) is 0 Å². The molecule has 0 amide bonds. The highest BCUT2D eigenvalue weighted by atomic mass is 15.4. The van der Waals surface area contributed by atoms with E-state index in [1.807, 2.05) is 0 Å². The standard InChI is InChI=1S/C12H16N2/c1-2-5-10(6-3-1)12-13-9-11-7-4-8-14(11)12/h1-3,5-6,11-13H,4,7-9H2. The fourth-order valence-electron chi connectivity index (χ4n) is 2.73. The normalized spacial score (nSPS) is 32.0. The lowest BCUT2D eigenvalue weighted by molar-refractivity contribution is 0.240. The molecule has 0 bridgehead atoms. The van der Waals surface area contributed by atoms with Gasteiger partial charge >= 0.3 is 0 Å². The van der Waals surface area contributed by atoms with Crippen molar-refractivity contribution in [1.82, 2.24) is 10.2 Å². The zero-order valence-electron chi connectivity index (χ0n) is 8.32. The first-order valence-corrected chi connectivity index (χ1v) is 5.49. The Bertz CT molecular complexity index is 309. The van der Waals surface area contributed by atoms with Crippen molar-refractivity contribution in [2.45, 2.75) is 25.0 Å². The molecule has 2 heteroatoms. The average Bonchev–Trinajstić information content (AvgIpc) is 2.79. The lowest BCUT2D eigenvalue weighted by Crippen LogP contribution is -2.28. The summed E-state index contributed by atoms with van der Waals surface area (Å²) in [7, 11) is 0. The van der Waals surface area contributed by atoms with Crippen molar-refractivity contribution in [1.29, 1.82) is 0 Å². The summed E-state index contributed by atoms with van der Waals surface area (Å²) in [5.41, 5.74) is 1.41. The Morgan fingerprint density at radius 2 is 2.07 bits per heavy atom. The van der Waals surface area contributed by atoms with Crippen LogP contribution in [0.15, 0.2) is 30.3 Å². The summed E-state index contributed by atoms with van der Waals surface area (Å²) in [6, 6.07) is 11.6. The van der Waals surface area contributed by atoms with Gasteiger partial charge in [0.1, 0.15) is 0 Å². The molecule has 0 saturated carbocycles. The average molecular weight is 188 g/mol. The minimum atomic E-state index is 0.476. The third kappa shape index (κ3) is 1.26. The minimum Gasteiger partial charge on any atom is -0.296 e. The number of nitrogens with zero attached hydrogens (tertiary/aromatic N) is 1. The zero-order chi connectivity index (χ0) is 9.38. The van der Waals surface area contributed by atoms with Crippen LogP contribution in [-0.2, 0) is 0 Å². The molecule has 2 unspecified atom stereocenters. The molecule has 0 spiro atoms. The van der Waals surface area contributed by atoms with Gasteiger partial charge in [-0.3, -0.25) is 10.2 Å². The first kappa shape index (κ1) is 8.45. The minimum absolute atomic E-state index is 0.476. The highest BCUT2D eigenvalue weighted by Crippen LogP contribution is 2.31. The van der Waals surface area contributed by atoms with Crippen LogP contribution in [0.2, 0.25) is 0 Å². The molecule has 74 valence electrons. The van der Waals surface area contributed by atoms with Gasteiger partial charge in [0.25, 0.3) is 0 Å². The Labute approximate surface area is 84.9 Å². The van der Waals surface area contributed by atoms with Crippen molar-refractivity contribution in [3.8, 4) is 0 Å². The first-order chi connectivity index (χ1) is 6.95. The molecule has 1 aromatic carbocycles. The lowest BCUT2D eigenvalue weighted by atomic mass is 10.1. The van der Waals surface area contributed by atoms with Gasteiger partial charge in [-0.1, -0.05) is 30.3 Å². The van der Waals surface area contributed by atoms with Crippen molar-refractivity contribution in [2.75, 3.05) is 13.1 Å². The van der Waals surface area contributed by atoms with E-state index in [2.05, 4.69) is 40.5 Å². The molecule has 0 aliphatic carbocycles. The number of fused-ring (bicyclic) bond motifs is 1. The molecule has 2 heterocycles. The molecule has 1 N–H and O–H groups in total. The second-order valence-electron chi connectivity index (χ2n) is 4.26. The van der Waals surface area contributed by atoms with E-state index in [1.165, 1.54) is 31.5 Å². The van der Waals surface area contributed by atoms with Gasteiger partial charge in [0.15, 0.2) is 0 Å². The van der Waals surface area contributed by atoms with Crippen LogP contribution in [0.25, 0.3) is 0 Å². The molecule has 2 atom stereocenters. The van der Waals surface area contributed by atoms with Crippen LogP contribution in [0.5, 0.6) is 0 Å². The van der Waals surface area contributed by atoms with E-state index in [1.54, 1.807) is 0 Å². The largest absolute Gasteiger partial charge is 0.296 e. The first-order valence-electron chi connectivity index (χ1n) is 5.49. The highest BCUT2D eigenvalue weighted by molar-refractivity contribution is 5.20. The Morgan fingerprint density at radius 1 is 1.21 bits per heavy atom. The van der Waals surface area contributed by atoms with Crippen LogP contribution in [0.1, 0.15) is 24.6 Å². The van der Waals surface area contributed by atoms with Crippen molar-refractivity contribution in [3.05, 3.63) is 35.9 Å². The second-order valence-corrected chi connectivity index (χ2v) is 4.26. The molecule has 2 saturated heterocycles. The van der Waals surface area contributed by atoms with Crippen LogP contribution in [0.4, 0.5) is 0 Å². The molecule has 3 rings (SSSR count). The molecule has 2 aliphatic rings. The Kier molecular flexibility index (Phi) is 2.03. The van der Waals surface area contributed by atoms with Crippen LogP contribution in [0, 0.1) is 0 Å². The number of hydrogen-bond donors (Lipinski definition) is 1. The fourth-order valence-corrected chi connectivity index (χ4v) is 2.73. The van der Waals surface area contributed by atoms with Gasteiger partial charge in [0.2, 0.25) is 0 Å². The SMILES string of the molecule is c1ccc(C2NCC3CCCN32)cc1. The van der Waals surface area contributed by atoms with E-state index in [-0.39, 0.29) is 0 Å². The van der Waals surface area contributed by atoms with Gasteiger partial charge in [-0.15, -0.1) is 0 Å². The van der Waals surface area contributed by atoms with E-state index in [0.29, 0.717) is 6.17 Å². The highest BCUT2D eigenvalue weighted by Gasteiger charge is 2.36. The summed E-state index contributed by atoms with van der Waals surface area (Å²) in [6.07, 6.45) is 3.22. The Morgan fingerprint density at radius 3 is 2.93 bits per heavy atom. The van der Waals surface area contributed by atoms with Gasteiger partial charge in [0.05, 0.1) is 6.17 Å². The van der Waals surface area contributed by atoms with Gasteiger partial charge < -0.3 is 0 Å². The summed E-state index contributed by atoms with van der Waals surface area (Å²) in [6.45, 7) is 2.43. The van der Waals surface area contributed by atoms with Crippen molar-refractivity contribution in [2.24, 2.45) is 0 Å². The van der Waals surface area contributed by atoms with Crippen molar-refractivity contribution in [3.63, 3.8) is 0 Å². The van der Waals surface area contributed by atoms with E-state index >= 15 is 0 Å². The van der Waals surface area contributed by atoms with E-state index in [0.717, 1.165) is 6.04 Å². The molecule has 0 aromatic heterocycles. The van der Waals surface area contributed by atoms with Crippen LogP contribution in [-0.4, -0.2) is 24.0 Å². The topological polar surface area (TPSA) is 15.3 Å². The molecule has 1 aromatic rings. The van der Waals surface area contributed by atoms with Gasteiger partial charge in [-0.05, 0) is 18.4 Å². The number of nitrogens with one attached hydrogen (secondary N) is 1. The van der Waals surface area contributed by atoms with Crippen LogP contribution in [0.3, 0.4) is 0 Å². The molecular weight excluding hydrogens is 172 g/mol. The summed E-state index contributed by atoms with van der Waals surface area (Å²) >= 11 is 0. The number of rotatable bonds is 1. The third-order valence-corrected chi connectivity index (χ3v) is 3.42. The molecule has 2 fully saturated rings. The maximum absolute atomic E-state index is 3.60. The molecular formula is C12H16N2. The van der Waals surface area contributed by atoms with E-state index in [4.69, 9.17) is 0 Å². The Balaban J connectivity index is 1.86. The summed E-state index contributed by atoms with van der Waals surface area (Å²) in [5, 5.41) is 3.60. The fraction of sp³-hybridized carbons (Fsp3) is 0.500. The van der Waals surface area contributed by atoms with E-state index in [9.17, 15) is 0 Å². The summed E-state index contributed by atoms with van der Waals surface area (Å²) in [4.78, 5) is 2.61. The number of benzene rings is 1.